The van der Waals surface area contributed by atoms with Crippen LogP contribution < -0.4 is 5.32 Å². The zero-order valence-electron chi connectivity index (χ0n) is 12.7. The molecule has 1 unspecified atom stereocenters. The van der Waals surface area contributed by atoms with E-state index in [9.17, 15) is 4.39 Å². The summed E-state index contributed by atoms with van der Waals surface area (Å²) < 4.78 is 13.5. The normalized spacial score (nSPS) is 12.4. The fourth-order valence-electron chi connectivity index (χ4n) is 2.33. The van der Waals surface area contributed by atoms with Crippen molar-refractivity contribution < 1.29 is 4.39 Å². The lowest BCUT2D eigenvalue weighted by Crippen LogP contribution is -2.19. The second-order valence-electron chi connectivity index (χ2n) is 5.38. The van der Waals surface area contributed by atoms with Crippen molar-refractivity contribution in [2.75, 3.05) is 6.54 Å². The number of benzene rings is 2. The van der Waals surface area contributed by atoms with Crippen LogP contribution >= 0.6 is 11.6 Å². The van der Waals surface area contributed by atoms with Gasteiger partial charge < -0.3 is 5.32 Å². The van der Waals surface area contributed by atoms with E-state index >= 15 is 0 Å². The second-order valence-corrected chi connectivity index (χ2v) is 5.79. The molecule has 0 bridgehead atoms. The van der Waals surface area contributed by atoms with Gasteiger partial charge in [0.25, 0.3) is 0 Å². The highest BCUT2D eigenvalue weighted by Gasteiger charge is 2.10. The zero-order valence-corrected chi connectivity index (χ0v) is 13.5. The Hall–Kier alpha value is -1.38. The Morgan fingerprint density at radius 3 is 2.71 bits per heavy atom. The van der Waals surface area contributed by atoms with Gasteiger partial charge in [-0.3, -0.25) is 0 Å². The Morgan fingerprint density at radius 2 is 2.00 bits per heavy atom. The van der Waals surface area contributed by atoms with Crippen LogP contribution in [0.2, 0.25) is 5.02 Å². The maximum atomic E-state index is 13.5. The third kappa shape index (κ3) is 3.84. The summed E-state index contributed by atoms with van der Waals surface area (Å²) in [6, 6.07) is 11.7. The van der Waals surface area contributed by atoms with Crippen molar-refractivity contribution in [3.05, 3.63) is 58.4 Å². The predicted octanol–water partition coefficient (Wildman–Crippen LogP) is 5.52. The molecule has 112 valence electrons. The number of nitrogens with one attached hydrogen (secondary N) is 1. The van der Waals surface area contributed by atoms with Crippen molar-refractivity contribution in [2.45, 2.75) is 33.2 Å². The van der Waals surface area contributed by atoms with Crippen LogP contribution in [0.15, 0.2) is 36.4 Å². The maximum Gasteiger partial charge on any atom is 0.127 e. The molecule has 1 atom stereocenters. The van der Waals surface area contributed by atoms with Crippen molar-refractivity contribution in [2.24, 2.45) is 0 Å². The van der Waals surface area contributed by atoms with Gasteiger partial charge in [0.05, 0.1) is 5.02 Å². The largest absolute Gasteiger partial charge is 0.310 e. The minimum absolute atomic E-state index is 0.266. The van der Waals surface area contributed by atoms with Crippen LogP contribution in [-0.4, -0.2) is 6.54 Å². The van der Waals surface area contributed by atoms with Crippen LogP contribution in [0.4, 0.5) is 4.39 Å². The van der Waals surface area contributed by atoms with Crippen LogP contribution in [0.25, 0.3) is 11.1 Å². The van der Waals surface area contributed by atoms with Gasteiger partial charge >= 0.3 is 0 Å². The van der Waals surface area contributed by atoms with Crippen molar-refractivity contribution >= 4 is 11.6 Å². The molecule has 0 aliphatic heterocycles. The van der Waals surface area contributed by atoms with Crippen LogP contribution in [0, 0.1) is 12.7 Å². The molecule has 0 saturated heterocycles. The fourth-order valence-corrected chi connectivity index (χ4v) is 2.59. The molecule has 21 heavy (non-hydrogen) atoms. The number of hydrogen-bond donors (Lipinski definition) is 1. The highest BCUT2D eigenvalue weighted by atomic mass is 35.5. The first-order valence-electron chi connectivity index (χ1n) is 7.32. The van der Waals surface area contributed by atoms with E-state index in [1.807, 2.05) is 12.1 Å². The molecule has 0 spiro atoms. The van der Waals surface area contributed by atoms with E-state index in [4.69, 9.17) is 11.6 Å². The van der Waals surface area contributed by atoms with Crippen LogP contribution in [0.5, 0.6) is 0 Å². The highest BCUT2D eigenvalue weighted by molar-refractivity contribution is 6.33. The van der Waals surface area contributed by atoms with E-state index in [0.29, 0.717) is 10.6 Å². The molecule has 0 heterocycles. The van der Waals surface area contributed by atoms with E-state index in [-0.39, 0.29) is 11.9 Å². The smallest absolute Gasteiger partial charge is 0.127 e. The third-order valence-corrected chi connectivity index (χ3v) is 3.96. The molecule has 0 saturated carbocycles. The molecule has 2 aromatic rings. The summed E-state index contributed by atoms with van der Waals surface area (Å²) >= 11 is 6.20. The Kier molecular flexibility index (Phi) is 5.38. The molecule has 0 amide bonds. The second kappa shape index (κ2) is 7.06. The molecule has 0 aliphatic rings. The number of rotatable bonds is 5. The first-order valence-corrected chi connectivity index (χ1v) is 7.70. The molecule has 1 nitrogen and oxygen atoms in total. The van der Waals surface area contributed by atoms with Crippen molar-refractivity contribution in [1.29, 1.82) is 0 Å². The van der Waals surface area contributed by atoms with Crippen LogP contribution in [0.3, 0.4) is 0 Å². The summed E-state index contributed by atoms with van der Waals surface area (Å²) in [4.78, 5) is 0. The third-order valence-electron chi connectivity index (χ3n) is 3.65. The van der Waals surface area contributed by atoms with E-state index in [1.165, 1.54) is 11.6 Å². The van der Waals surface area contributed by atoms with Crippen LogP contribution in [-0.2, 0) is 0 Å². The van der Waals surface area contributed by atoms with Crippen molar-refractivity contribution in [3.63, 3.8) is 0 Å². The maximum absolute atomic E-state index is 13.5. The average Bonchev–Trinajstić information content (AvgIpc) is 2.48. The molecule has 1 N–H and O–H groups in total. The topological polar surface area (TPSA) is 12.0 Å². The van der Waals surface area contributed by atoms with E-state index in [1.54, 1.807) is 13.0 Å². The van der Waals surface area contributed by atoms with Crippen LogP contribution in [0.1, 0.15) is 37.4 Å². The van der Waals surface area contributed by atoms with Gasteiger partial charge in [-0.15, -0.1) is 0 Å². The lowest BCUT2D eigenvalue weighted by Gasteiger charge is -2.15. The number of hydrogen-bond acceptors (Lipinski definition) is 1. The van der Waals surface area contributed by atoms with E-state index in [2.05, 4.69) is 31.3 Å². The number of halogens is 2. The molecule has 2 rings (SSSR count). The summed E-state index contributed by atoms with van der Waals surface area (Å²) in [7, 11) is 0. The van der Waals surface area contributed by atoms with E-state index < -0.39 is 0 Å². The molecule has 2 aromatic carbocycles. The minimum Gasteiger partial charge on any atom is -0.310 e. The van der Waals surface area contributed by atoms with Gasteiger partial charge in [-0.25, -0.2) is 4.39 Å². The highest BCUT2D eigenvalue weighted by Crippen LogP contribution is 2.31. The summed E-state index contributed by atoms with van der Waals surface area (Å²) in [5.74, 6) is -0.266. The lowest BCUT2D eigenvalue weighted by molar-refractivity contribution is 0.571. The predicted molar refractivity (Wildman–Crippen MR) is 88.3 cm³/mol. The summed E-state index contributed by atoms with van der Waals surface area (Å²) in [6.07, 6.45) is 1.10. The Bertz CT molecular complexity index is 625. The van der Waals surface area contributed by atoms with Crippen molar-refractivity contribution in [3.8, 4) is 11.1 Å². The van der Waals surface area contributed by atoms with Gasteiger partial charge in [0, 0.05) is 11.6 Å². The summed E-state index contributed by atoms with van der Waals surface area (Å²) in [5, 5.41) is 3.92. The minimum atomic E-state index is -0.266. The average molecular weight is 306 g/mol. The number of aryl methyl sites for hydroxylation is 1. The van der Waals surface area contributed by atoms with Gasteiger partial charge in [0.15, 0.2) is 0 Å². The standard InChI is InChI=1S/C18H21ClFN/c1-4-8-21-13(3)14-6-5-7-15(10-14)16-9-12(2)18(20)11-17(16)19/h5-7,9-11,13,21H,4,8H2,1-3H3. The Morgan fingerprint density at radius 1 is 1.24 bits per heavy atom. The molecule has 0 fully saturated rings. The lowest BCUT2D eigenvalue weighted by atomic mass is 9.98. The molecular weight excluding hydrogens is 285 g/mol. The molecule has 0 radical (unpaired) electrons. The van der Waals surface area contributed by atoms with E-state index in [0.717, 1.165) is 24.1 Å². The molecule has 0 aromatic heterocycles. The monoisotopic (exact) mass is 305 g/mol. The van der Waals surface area contributed by atoms with Gasteiger partial charge in [0.2, 0.25) is 0 Å². The summed E-state index contributed by atoms with van der Waals surface area (Å²) in [5.41, 5.74) is 3.71. The van der Waals surface area contributed by atoms with Gasteiger partial charge in [-0.2, -0.15) is 0 Å². The summed E-state index contributed by atoms with van der Waals surface area (Å²) in [6.45, 7) is 7.04. The molecule has 0 aliphatic carbocycles. The van der Waals surface area contributed by atoms with Gasteiger partial charge in [-0.1, -0.05) is 36.7 Å². The first kappa shape index (κ1) is 16.0. The fraction of sp³-hybridized carbons (Fsp3) is 0.333. The molecule has 3 heteroatoms. The Labute approximate surface area is 131 Å². The molecular formula is C18H21ClFN. The van der Waals surface area contributed by atoms with Crippen molar-refractivity contribution in [1.82, 2.24) is 5.32 Å². The SMILES string of the molecule is CCCNC(C)c1cccc(-c2cc(C)c(F)cc2Cl)c1. The van der Waals surface area contributed by atoms with Gasteiger partial charge in [0.1, 0.15) is 5.82 Å². The first-order chi connectivity index (χ1) is 10.0. The Balaban J connectivity index is 2.35. The van der Waals surface area contributed by atoms with Gasteiger partial charge in [-0.05, 0) is 61.7 Å². The quantitative estimate of drug-likeness (QED) is 0.767. The zero-order chi connectivity index (χ0) is 15.4.